The molecule has 0 aliphatic heterocycles. The molecule has 0 amide bonds. The lowest BCUT2D eigenvalue weighted by Gasteiger charge is -2.14. The van der Waals surface area contributed by atoms with E-state index in [1.54, 1.807) is 6.07 Å². The van der Waals surface area contributed by atoms with Crippen molar-refractivity contribution < 1.29 is 4.42 Å². The van der Waals surface area contributed by atoms with Crippen LogP contribution in [0, 0.1) is 11.3 Å². The Bertz CT molecular complexity index is 3040. The van der Waals surface area contributed by atoms with E-state index < -0.39 is 0 Å². The molecule has 10 rings (SSSR count). The van der Waals surface area contributed by atoms with Gasteiger partial charge in [0.2, 0.25) is 0 Å². The molecule has 2 heterocycles. The quantitative estimate of drug-likeness (QED) is 0.191. The highest BCUT2D eigenvalue weighted by molar-refractivity contribution is 6.11. The summed E-state index contributed by atoms with van der Waals surface area (Å²) >= 11 is 0. The largest absolute Gasteiger partial charge is 0.452 e. The number of hydrogen-bond acceptors (Lipinski definition) is 3. The smallest absolute Gasteiger partial charge is 0.158 e. The number of para-hydroxylation sites is 5. The molecule has 4 nitrogen and oxygen atoms in total. The third-order valence-corrected chi connectivity index (χ3v) is 10.3. The van der Waals surface area contributed by atoms with Crippen LogP contribution in [0.25, 0.3) is 82.8 Å². The Kier molecular flexibility index (Phi) is 7.16. The van der Waals surface area contributed by atoms with Gasteiger partial charge < -0.3 is 14.3 Å². The summed E-state index contributed by atoms with van der Waals surface area (Å²) in [6.45, 7) is 0. The third-order valence-electron chi connectivity index (χ3n) is 10.3. The van der Waals surface area contributed by atoms with E-state index in [9.17, 15) is 5.26 Å². The third kappa shape index (κ3) is 5.14. The molecule has 0 spiro atoms. The minimum Gasteiger partial charge on any atom is -0.452 e. The van der Waals surface area contributed by atoms with Crippen LogP contribution in [-0.2, 0) is 0 Å². The van der Waals surface area contributed by atoms with Gasteiger partial charge in [-0.3, -0.25) is 0 Å². The number of aromatic nitrogens is 1. The van der Waals surface area contributed by atoms with E-state index in [1.165, 1.54) is 32.9 Å². The van der Waals surface area contributed by atoms with Gasteiger partial charge in [-0.05, 0) is 82.4 Å². The summed E-state index contributed by atoms with van der Waals surface area (Å²) in [5, 5.41) is 17.7. The summed E-state index contributed by atoms with van der Waals surface area (Å²) in [5.74, 6) is 0. The predicted octanol–water partition coefficient (Wildman–Crippen LogP) is 13.3. The lowest BCUT2D eigenvalue weighted by atomic mass is 9.96. The molecule has 248 valence electrons. The Labute approximate surface area is 306 Å². The van der Waals surface area contributed by atoms with Crippen LogP contribution in [0.5, 0.6) is 0 Å². The Hall–Kier alpha value is -7.35. The highest BCUT2D eigenvalue weighted by Gasteiger charge is 2.16. The van der Waals surface area contributed by atoms with Crippen LogP contribution in [-0.4, -0.2) is 4.57 Å². The molecule has 10 aromatic rings. The standard InChI is InChI=1S/C49H31N3O/c50-31-37-13-9-18-41-42-19-10-21-45(49(42)53-48(37)41)51-44-20-6-4-16-39(44)36-12-8-11-34(29-36)32-23-25-33(26-24-32)35-27-28-47-43(30-35)40-17-5-7-22-46(40)52(47)38-14-2-1-3-15-38/h1-30,51H. The van der Waals surface area contributed by atoms with Gasteiger partial charge in [-0.25, -0.2) is 0 Å². The number of fused-ring (bicyclic) bond motifs is 6. The predicted molar refractivity (Wildman–Crippen MR) is 219 cm³/mol. The van der Waals surface area contributed by atoms with Crippen molar-refractivity contribution in [2.75, 3.05) is 5.32 Å². The normalized spacial score (nSPS) is 11.4. The molecule has 0 fully saturated rings. The van der Waals surface area contributed by atoms with E-state index in [0.29, 0.717) is 11.1 Å². The maximum atomic E-state index is 9.67. The van der Waals surface area contributed by atoms with Crippen molar-refractivity contribution in [2.45, 2.75) is 0 Å². The van der Waals surface area contributed by atoms with Gasteiger partial charge in [0.1, 0.15) is 6.07 Å². The van der Waals surface area contributed by atoms with Gasteiger partial charge in [-0.2, -0.15) is 5.26 Å². The van der Waals surface area contributed by atoms with Crippen LogP contribution in [0.15, 0.2) is 186 Å². The van der Waals surface area contributed by atoms with E-state index >= 15 is 0 Å². The summed E-state index contributed by atoms with van der Waals surface area (Å²) in [6.07, 6.45) is 0. The van der Waals surface area contributed by atoms with Gasteiger partial charge in [0.25, 0.3) is 0 Å². The van der Waals surface area contributed by atoms with Crippen molar-refractivity contribution in [3.63, 3.8) is 0 Å². The Morgan fingerprint density at radius 3 is 1.87 bits per heavy atom. The number of hydrogen-bond donors (Lipinski definition) is 1. The molecule has 0 bridgehead atoms. The first-order chi connectivity index (χ1) is 26.2. The molecule has 0 unspecified atom stereocenters. The van der Waals surface area contributed by atoms with E-state index in [2.05, 4.69) is 155 Å². The van der Waals surface area contributed by atoms with E-state index in [1.807, 2.05) is 36.4 Å². The summed E-state index contributed by atoms with van der Waals surface area (Å²) in [5.41, 5.74) is 14.1. The highest BCUT2D eigenvalue weighted by Crippen LogP contribution is 2.39. The number of anilines is 2. The molecule has 4 heteroatoms. The minimum atomic E-state index is 0.531. The maximum Gasteiger partial charge on any atom is 0.158 e. The molecule has 0 saturated heterocycles. The molecule has 53 heavy (non-hydrogen) atoms. The zero-order valence-corrected chi connectivity index (χ0v) is 28.6. The fourth-order valence-electron chi connectivity index (χ4n) is 7.72. The second kappa shape index (κ2) is 12.5. The molecule has 0 aliphatic rings. The Balaban J connectivity index is 0.974. The lowest BCUT2D eigenvalue weighted by molar-refractivity contribution is 0.669. The van der Waals surface area contributed by atoms with Gasteiger partial charge >= 0.3 is 0 Å². The molecule has 0 saturated carbocycles. The van der Waals surface area contributed by atoms with Gasteiger partial charge in [-0.1, -0.05) is 127 Å². The zero-order valence-electron chi connectivity index (χ0n) is 28.6. The molecule has 2 aromatic heterocycles. The van der Waals surface area contributed by atoms with Gasteiger partial charge in [-0.15, -0.1) is 0 Å². The summed E-state index contributed by atoms with van der Waals surface area (Å²) < 4.78 is 8.67. The molecule has 1 N–H and O–H groups in total. The van der Waals surface area contributed by atoms with Crippen molar-refractivity contribution >= 4 is 55.1 Å². The average Bonchev–Trinajstić information content (AvgIpc) is 3.78. The van der Waals surface area contributed by atoms with E-state index in [0.717, 1.165) is 55.7 Å². The summed E-state index contributed by atoms with van der Waals surface area (Å²) in [4.78, 5) is 0. The minimum absolute atomic E-state index is 0.531. The first kappa shape index (κ1) is 30.5. The summed E-state index contributed by atoms with van der Waals surface area (Å²) in [7, 11) is 0. The SMILES string of the molecule is N#Cc1cccc2c1oc1c(Nc3ccccc3-c3cccc(-c4ccc(-c5ccc6c(c5)c5ccccc5n6-c5ccccc5)cc4)c3)cccc12. The molecule has 0 atom stereocenters. The average molecular weight is 678 g/mol. The molecule has 0 radical (unpaired) electrons. The number of benzene rings is 8. The molecule has 8 aromatic carbocycles. The van der Waals surface area contributed by atoms with Gasteiger partial charge in [0.05, 0.1) is 22.3 Å². The Morgan fingerprint density at radius 1 is 0.434 bits per heavy atom. The molecular formula is C49H31N3O. The van der Waals surface area contributed by atoms with Crippen molar-refractivity contribution in [3.05, 3.63) is 188 Å². The number of nitrogens with zero attached hydrogens (tertiary/aromatic N) is 2. The number of nitrogens with one attached hydrogen (secondary N) is 1. The topological polar surface area (TPSA) is 53.9 Å². The monoisotopic (exact) mass is 677 g/mol. The number of furan rings is 1. The lowest BCUT2D eigenvalue weighted by Crippen LogP contribution is -1.94. The van der Waals surface area contributed by atoms with Crippen molar-refractivity contribution in [3.8, 4) is 45.1 Å². The van der Waals surface area contributed by atoms with Crippen molar-refractivity contribution in [1.82, 2.24) is 4.57 Å². The molecular weight excluding hydrogens is 647 g/mol. The second-order valence-corrected chi connectivity index (χ2v) is 13.3. The first-order valence-corrected chi connectivity index (χ1v) is 17.7. The van der Waals surface area contributed by atoms with Crippen molar-refractivity contribution in [1.29, 1.82) is 5.26 Å². The van der Waals surface area contributed by atoms with Crippen LogP contribution in [0.1, 0.15) is 5.56 Å². The highest BCUT2D eigenvalue weighted by atomic mass is 16.3. The van der Waals surface area contributed by atoms with Crippen LogP contribution < -0.4 is 5.32 Å². The van der Waals surface area contributed by atoms with E-state index in [4.69, 9.17) is 4.42 Å². The summed E-state index contributed by atoms with van der Waals surface area (Å²) in [6, 6.07) is 66.0. The van der Waals surface area contributed by atoms with Gasteiger partial charge in [0.15, 0.2) is 11.2 Å². The first-order valence-electron chi connectivity index (χ1n) is 17.7. The fraction of sp³-hybridized carbons (Fsp3) is 0. The maximum absolute atomic E-state index is 9.67. The molecule has 0 aliphatic carbocycles. The second-order valence-electron chi connectivity index (χ2n) is 13.3. The fourth-order valence-corrected chi connectivity index (χ4v) is 7.72. The Morgan fingerprint density at radius 2 is 1.04 bits per heavy atom. The van der Waals surface area contributed by atoms with Crippen molar-refractivity contribution in [2.24, 2.45) is 0 Å². The van der Waals surface area contributed by atoms with Gasteiger partial charge in [0, 0.05) is 38.5 Å². The van der Waals surface area contributed by atoms with Crippen LogP contribution in [0.3, 0.4) is 0 Å². The number of rotatable bonds is 6. The zero-order chi connectivity index (χ0) is 35.3. The van der Waals surface area contributed by atoms with Crippen LogP contribution >= 0.6 is 0 Å². The number of nitriles is 1. The van der Waals surface area contributed by atoms with E-state index in [-0.39, 0.29) is 0 Å². The van der Waals surface area contributed by atoms with Crippen LogP contribution in [0.2, 0.25) is 0 Å². The van der Waals surface area contributed by atoms with Crippen LogP contribution in [0.4, 0.5) is 11.4 Å².